The molecule has 0 amide bonds. The zero-order chi connectivity index (χ0) is 13.4. The maximum atomic E-state index is 2.34. The first kappa shape index (κ1) is 15.2. The number of unbranched alkanes of at least 4 members (excludes halogenated alkanes) is 2. The van der Waals surface area contributed by atoms with Gasteiger partial charge < -0.3 is 4.48 Å². The van der Waals surface area contributed by atoms with Gasteiger partial charge in [0, 0.05) is 5.56 Å². The third kappa shape index (κ3) is 6.80. The van der Waals surface area contributed by atoms with E-state index in [0.29, 0.717) is 0 Å². The Balaban J connectivity index is 2.23. The van der Waals surface area contributed by atoms with Crippen LogP contribution in [-0.2, 0) is 6.54 Å². The zero-order valence-electron chi connectivity index (χ0n) is 12.7. The summed E-state index contributed by atoms with van der Waals surface area (Å²) in [6.45, 7) is 7.06. The number of hydrogen-bond donors (Lipinski definition) is 0. The topological polar surface area (TPSA) is 0 Å². The van der Waals surface area contributed by atoms with Crippen LogP contribution in [0.1, 0.15) is 45.1 Å². The van der Waals surface area contributed by atoms with E-state index in [1.54, 1.807) is 0 Å². The monoisotopic (exact) mass is 248 g/mol. The van der Waals surface area contributed by atoms with Crippen molar-refractivity contribution in [2.45, 2.75) is 46.1 Å². The van der Waals surface area contributed by atoms with E-state index in [-0.39, 0.29) is 0 Å². The van der Waals surface area contributed by atoms with E-state index in [4.69, 9.17) is 0 Å². The highest BCUT2D eigenvalue weighted by atomic mass is 15.3. The second kappa shape index (κ2) is 7.58. The molecule has 0 aliphatic heterocycles. The first-order valence-electron chi connectivity index (χ1n) is 7.35. The van der Waals surface area contributed by atoms with Crippen LogP contribution in [-0.4, -0.2) is 25.1 Å². The van der Waals surface area contributed by atoms with E-state index in [2.05, 4.69) is 58.3 Å². The van der Waals surface area contributed by atoms with Crippen molar-refractivity contribution in [2.24, 2.45) is 5.92 Å². The fourth-order valence-corrected chi connectivity index (χ4v) is 2.43. The molecule has 0 spiro atoms. The van der Waals surface area contributed by atoms with Gasteiger partial charge in [-0.15, -0.1) is 0 Å². The minimum atomic E-state index is 0.858. The third-order valence-corrected chi connectivity index (χ3v) is 3.50. The Hall–Kier alpha value is -0.820. The summed E-state index contributed by atoms with van der Waals surface area (Å²) in [4.78, 5) is 0. The highest BCUT2D eigenvalue weighted by Crippen LogP contribution is 2.13. The van der Waals surface area contributed by atoms with Gasteiger partial charge >= 0.3 is 0 Å². The number of nitrogens with zero attached hydrogens (tertiary/aromatic N) is 1. The Bertz CT molecular complexity index is 314. The van der Waals surface area contributed by atoms with Gasteiger partial charge in [-0.1, -0.05) is 57.0 Å². The molecule has 0 radical (unpaired) electrons. The molecule has 1 nitrogen and oxygen atoms in total. The van der Waals surface area contributed by atoms with Crippen LogP contribution in [0.15, 0.2) is 30.3 Å². The fourth-order valence-electron chi connectivity index (χ4n) is 2.43. The molecule has 0 aliphatic rings. The first-order chi connectivity index (χ1) is 8.49. The van der Waals surface area contributed by atoms with Crippen LogP contribution in [0.2, 0.25) is 0 Å². The minimum absolute atomic E-state index is 0.858. The molecule has 1 aromatic carbocycles. The molecule has 1 heteroatoms. The van der Waals surface area contributed by atoms with E-state index in [1.807, 2.05) is 0 Å². The van der Waals surface area contributed by atoms with Crippen LogP contribution < -0.4 is 0 Å². The Morgan fingerprint density at radius 1 is 0.944 bits per heavy atom. The lowest BCUT2D eigenvalue weighted by atomic mass is 10.1. The molecule has 0 aliphatic carbocycles. The second-order valence-corrected chi connectivity index (χ2v) is 6.55. The molecule has 0 saturated heterocycles. The van der Waals surface area contributed by atoms with Gasteiger partial charge in [0.25, 0.3) is 0 Å². The van der Waals surface area contributed by atoms with Gasteiger partial charge in [-0.3, -0.25) is 0 Å². The van der Waals surface area contributed by atoms with E-state index < -0.39 is 0 Å². The standard InChI is InChI=1S/C17H30N/c1-16(2)11-7-6-10-14-18(3,4)15-17-12-8-5-9-13-17/h5,8-9,12-13,16H,6-7,10-11,14-15H2,1-4H3/q+1. The lowest BCUT2D eigenvalue weighted by Crippen LogP contribution is -2.39. The van der Waals surface area contributed by atoms with Gasteiger partial charge in [-0.2, -0.15) is 0 Å². The summed E-state index contributed by atoms with van der Waals surface area (Å²) < 4.78 is 1.10. The SMILES string of the molecule is CC(C)CCCCC[N+](C)(C)Cc1ccccc1. The maximum absolute atomic E-state index is 2.34. The average molecular weight is 248 g/mol. The van der Waals surface area contributed by atoms with Crippen LogP contribution in [0.4, 0.5) is 0 Å². The predicted octanol–water partition coefficient (Wildman–Crippen LogP) is 4.48. The maximum Gasteiger partial charge on any atom is 0.104 e. The summed E-state index contributed by atoms with van der Waals surface area (Å²) in [5.41, 5.74) is 1.45. The molecule has 102 valence electrons. The van der Waals surface area contributed by atoms with E-state index >= 15 is 0 Å². The van der Waals surface area contributed by atoms with Crippen LogP contribution in [0.5, 0.6) is 0 Å². The molecular formula is C17H30N+. The highest BCUT2D eigenvalue weighted by molar-refractivity contribution is 5.13. The summed E-state index contributed by atoms with van der Waals surface area (Å²) in [5, 5.41) is 0. The summed E-state index contributed by atoms with van der Waals surface area (Å²) in [7, 11) is 4.69. The lowest BCUT2D eigenvalue weighted by Gasteiger charge is -2.30. The Morgan fingerprint density at radius 2 is 1.61 bits per heavy atom. The van der Waals surface area contributed by atoms with Crippen LogP contribution >= 0.6 is 0 Å². The predicted molar refractivity (Wildman–Crippen MR) is 80.4 cm³/mol. The van der Waals surface area contributed by atoms with Crippen molar-refractivity contribution in [2.75, 3.05) is 20.6 Å². The molecule has 18 heavy (non-hydrogen) atoms. The van der Waals surface area contributed by atoms with Gasteiger partial charge in [-0.25, -0.2) is 0 Å². The Morgan fingerprint density at radius 3 is 2.22 bits per heavy atom. The molecule has 0 heterocycles. The molecule has 0 N–H and O–H groups in total. The summed E-state index contributed by atoms with van der Waals surface area (Å²) >= 11 is 0. The van der Waals surface area contributed by atoms with Crippen molar-refractivity contribution in [3.63, 3.8) is 0 Å². The first-order valence-corrected chi connectivity index (χ1v) is 7.35. The quantitative estimate of drug-likeness (QED) is 0.470. The molecule has 0 unspecified atom stereocenters. The molecule has 0 aromatic heterocycles. The largest absolute Gasteiger partial charge is 0.325 e. The van der Waals surface area contributed by atoms with Gasteiger partial charge in [0.1, 0.15) is 6.54 Å². The molecule has 0 fully saturated rings. The molecule has 1 rings (SSSR count). The van der Waals surface area contributed by atoms with Crippen molar-refractivity contribution in [3.8, 4) is 0 Å². The fraction of sp³-hybridized carbons (Fsp3) is 0.647. The van der Waals surface area contributed by atoms with Crippen molar-refractivity contribution in [1.29, 1.82) is 0 Å². The summed E-state index contributed by atoms with van der Waals surface area (Å²) in [6, 6.07) is 10.8. The molecule has 1 aromatic rings. The normalized spacial score (nSPS) is 12.1. The van der Waals surface area contributed by atoms with Gasteiger partial charge in [0.2, 0.25) is 0 Å². The van der Waals surface area contributed by atoms with Crippen LogP contribution in [0, 0.1) is 5.92 Å². The molecule has 0 saturated carbocycles. The number of quaternary nitrogens is 1. The Labute approximate surface area is 113 Å². The van der Waals surface area contributed by atoms with Gasteiger partial charge in [-0.05, 0) is 18.8 Å². The average Bonchev–Trinajstić information content (AvgIpc) is 2.28. The molecular weight excluding hydrogens is 218 g/mol. The number of rotatable bonds is 8. The minimum Gasteiger partial charge on any atom is -0.325 e. The van der Waals surface area contributed by atoms with Crippen LogP contribution in [0.3, 0.4) is 0 Å². The van der Waals surface area contributed by atoms with Crippen LogP contribution in [0.25, 0.3) is 0 Å². The van der Waals surface area contributed by atoms with Crippen molar-refractivity contribution >= 4 is 0 Å². The second-order valence-electron chi connectivity index (χ2n) is 6.55. The zero-order valence-corrected chi connectivity index (χ0v) is 12.7. The van der Waals surface area contributed by atoms with Crippen molar-refractivity contribution < 1.29 is 4.48 Å². The molecule has 0 atom stereocenters. The van der Waals surface area contributed by atoms with Crippen molar-refractivity contribution in [3.05, 3.63) is 35.9 Å². The van der Waals surface area contributed by atoms with Crippen molar-refractivity contribution in [1.82, 2.24) is 0 Å². The smallest absolute Gasteiger partial charge is 0.104 e. The van der Waals surface area contributed by atoms with Gasteiger partial charge in [0.05, 0.1) is 20.6 Å². The highest BCUT2D eigenvalue weighted by Gasteiger charge is 2.14. The molecule has 0 bridgehead atoms. The van der Waals surface area contributed by atoms with E-state index in [9.17, 15) is 0 Å². The lowest BCUT2D eigenvalue weighted by molar-refractivity contribution is -0.903. The summed E-state index contributed by atoms with van der Waals surface area (Å²) in [5.74, 6) is 0.858. The van der Waals surface area contributed by atoms with E-state index in [0.717, 1.165) is 16.9 Å². The Kier molecular flexibility index (Phi) is 6.42. The third-order valence-electron chi connectivity index (χ3n) is 3.50. The number of hydrogen-bond acceptors (Lipinski definition) is 0. The number of benzene rings is 1. The summed E-state index contributed by atoms with van der Waals surface area (Å²) in [6.07, 6.45) is 5.51. The van der Waals surface area contributed by atoms with E-state index in [1.165, 1.54) is 37.8 Å². The van der Waals surface area contributed by atoms with Gasteiger partial charge in [0.15, 0.2) is 0 Å².